The average Bonchev–Trinajstić information content (AvgIpc) is 3.58. The Hall–Kier alpha value is -2.40. The minimum absolute atomic E-state index is 0.0740. The molecule has 230 valence electrons. The van der Waals surface area contributed by atoms with E-state index < -0.39 is 39.3 Å². The maximum absolute atomic E-state index is 16.5. The SMILES string of the molecule is CN([C@H](C(=O)C1C2CCC1CC(N)C2)C(F)(F)c1ccc(Br)cc1)S(=O)(=O)c1ccc2cc(OC3CCCC3)ccc2c1. The maximum Gasteiger partial charge on any atom is 0.296 e. The van der Waals surface area contributed by atoms with Crippen molar-refractivity contribution >= 4 is 42.5 Å². The number of carbonyl (C=O) groups excluding carboxylic acids is 1. The summed E-state index contributed by atoms with van der Waals surface area (Å²) in [6.45, 7) is 0. The van der Waals surface area contributed by atoms with Gasteiger partial charge in [0.1, 0.15) is 5.75 Å². The molecule has 3 saturated carbocycles. The van der Waals surface area contributed by atoms with Gasteiger partial charge in [-0.15, -0.1) is 0 Å². The summed E-state index contributed by atoms with van der Waals surface area (Å²) in [6.07, 6.45) is 7.14. The molecule has 2 bridgehead atoms. The summed E-state index contributed by atoms with van der Waals surface area (Å²) in [6, 6.07) is 13.1. The number of hydrogen-bond acceptors (Lipinski definition) is 5. The highest BCUT2D eigenvalue weighted by molar-refractivity contribution is 9.10. The largest absolute Gasteiger partial charge is 0.490 e. The minimum atomic E-state index is -4.50. The lowest BCUT2D eigenvalue weighted by Crippen LogP contribution is -2.55. The van der Waals surface area contributed by atoms with Crippen molar-refractivity contribution in [1.82, 2.24) is 4.31 Å². The fourth-order valence-corrected chi connectivity index (χ4v) is 9.20. The Balaban J connectivity index is 1.35. The van der Waals surface area contributed by atoms with E-state index in [4.69, 9.17) is 10.5 Å². The smallest absolute Gasteiger partial charge is 0.296 e. The fourth-order valence-electron chi connectivity index (χ4n) is 7.58. The lowest BCUT2D eigenvalue weighted by Gasteiger charge is -2.39. The van der Waals surface area contributed by atoms with E-state index in [1.165, 1.54) is 36.4 Å². The van der Waals surface area contributed by atoms with Crippen LogP contribution in [0.4, 0.5) is 8.78 Å². The third-order valence-electron chi connectivity index (χ3n) is 9.73. The second-order valence-electron chi connectivity index (χ2n) is 12.5. The number of nitrogens with two attached hydrogens (primary N) is 1. The van der Waals surface area contributed by atoms with Crippen LogP contribution < -0.4 is 10.5 Å². The monoisotopic (exact) mass is 674 g/mol. The Morgan fingerprint density at radius 2 is 1.56 bits per heavy atom. The number of ketones is 1. The topological polar surface area (TPSA) is 89.7 Å². The number of likely N-dealkylation sites (N-methyl/N-ethyl adjacent to an activating group) is 1. The van der Waals surface area contributed by atoms with Gasteiger partial charge in [0.25, 0.3) is 5.92 Å². The van der Waals surface area contributed by atoms with Crippen molar-refractivity contribution in [3.05, 3.63) is 70.7 Å². The molecule has 6 rings (SSSR count). The molecule has 2 unspecified atom stereocenters. The molecule has 0 radical (unpaired) electrons. The predicted octanol–water partition coefficient (Wildman–Crippen LogP) is 7.04. The Morgan fingerprint density at radius 1 is 0.953 bits per heavy atom. The van der Waals surface area contributed by atoms with E-state index in [0.717, 1.165) is 51.0 Å². The number of halogens is 3. The molecule has 0 saturated heterocycles. The molecule has 6 nitrogen and oxygen atoms in total. The van der Waals surface area contributed by atoms with Crippen molar-refractivity contribution in [3.8, 4) is 5.75 Å². The number of Topliss-reactive ketones (excluding diaryl/α,β-unsaturated/α-hetero) is 1. The van der Waals surface area contributed by atoms with Crippen LogP contribution in [0.3, 0.4) is 0 Å². The molecule has 3 fully saturated rings. The Bertz CT molecular complexity index is 1600. The minimum Gasteiger partial charge on any atom is -0.490 e. The van der Waals surface area contributed by atoms with Crippen LogP contribution in [0, 0.1) is 17.8 Å². The highest BCUT2D eigenvalue weighted by Crippen LogP contribution is 2.50. The zero-order valence-electron chi connectivity index (χ0n) is 24.1. The number of sulfonamides is 1. The molecule has 0 aromatic heterocycles. The van der Waals surface area contributed by atoms with Crippen LogP contribution in [-0.4, -0.2) is 43.7 Å². The normalized spacial score (nSPS) is 25.3. The van der Waals surface area contributed by atoms with Gasteiger partial charge in [-0.2, -0.15) is 13.1 Å². The zero-order chi connectivity index (χ0) is 30.5. The van der Waals surface area contributed by atoms with E-state index in [2.05, 4.69) is 15.9 Å². The number of alkyl halides is 2. The number of rotatable bonds is 9. The molecule has 0 spiro atoms. The highest BCUT2D eigenvalue weighted by atomic mass is 79.9. The molecule has 3 aliphatic rings. The maximum atomic E-state index is 16.5. The summed E-state index contributed by atoms with van der Waals surface area (Å²) in [4.78, 5) is 14.1. The average molecular weight is 676 g/mol. The molecule has 3 aromatic carbocycles. The van der Waals surface area contributed by atoms with E-state index in [9.17, 15) is 13.2 Å². The molecule has 0 amide bonds. The summed E-state index contributed by atoms with van der Waals surface area (Å²) in [5.74, 6) is -4.69. The van der Waals surface area contributed by atoms with Crippen LogP contribution in [0.15, 0.2) is 70.0 Å². The van der Waals surface area contributed by atoms with Crippen LogP contribution >= 0.6 is 15.9 Å². The van der Waals surface area contributed by atoms with Gasteiger partial charge in [0.05, 0.1) is 11.0 Å². The fraction of sp³-hybridized carbons (Fsp3) is 0.485. The van der Waals surface area contributed by atoms with Crippen molar-refractivity contribution in [1.29, 1.82) is 0 Å². The Labute approximate surface area is 260 Å². The summed E-state index contributed by atoms with van der Waals surface area (Å²) in [7, 11) is -3.40. The predicted molar refractivity (Wildman–Crippen MR) is 166 cm³/mol. The van der Waals surface area contributed by atoms with Gasteiger partial charge in [0, 0.05) is 29.0 Å². The van der Waals surface area contributed by atoms with Crippen LogP contribution in [0.25, 0.3) is 10.8 Å². The van der Waals surface area contributed by atoms with Crippen LogP contribution in [0.1, 0.15) is 56.9 Å². The molecule has 3 aromatic rings. The number of carbonyl (C=O) groups is 1. The third-order valence-corrected chi connectivity index (χ3v) is 12.1. The number of benzene rings is 3. The first-order valence-corrected chi connectivity index (χ1v) is 17.3. The second-order valence-corrected chi connectivity index (χ2v) is 15.4. The van der Waals surface area contributed by atoms with Crippen molar-refractivity contribution in [2.45, 2.75) is 80.4 Å². The van der Waals surface area contributed by atoms with Gasteiger partial charge in [-0.25, -0.2) is 8.42 Å². The van der Waals surface area contributed by atoms with Gasteiger partial charge in [-0.05, 0) is 110 Å². The molecule has 0 heterocycles. The van der Waals surface area contributed by atoms with Crippen LogP contribution in [0.2, 0.25) is 0 Å². The molecule has 10 heteroatoms. The van der Waals surface area contributed by atoms with E-state index in [1.54, 1.807) is 18.2 Å². The van der Waals surface area contributed by atoms with Crippen molar-refractivity contribution in [2.75, 3.05) is 7.05 Å². The quantitative estimate of drug-likeness (QED) is 0.263. The summed E-state index contributed by atoms with van der Waals surface area (Å²) >= 11 is 3.27. The first-order valence-electron chi connectivity index (χ1n) is 15.1. The standard InChI is InChI=1S/C33H37BrF2N2O4S/c1-38(43(40,41)29-15-9-20-18-28(14-8-21(20)19-29)42-27-4-2-3-5-27)32(33(35,36)24-10-12-25(34)13-11-24)31(39)30-22-6-7-23(30)17-26(37)16-22/h8-15,18-19,22-23,26-27,30,32H,2-7,16-17,37H2,1H3/t22?,23?,26?,30?,32-/m1/s1. The van der Waals surface area contributed by atoms with Gasteiger partial charge in [-0.3, -0.25) is 4.79 Å². The lowest BCUT2D eigenvalue weighted by atomic mass is 9.72. The van der Waals surface area contributed by atoms with Crippen molar-refractivity contribution in [2.24, 2.45) is 23.5 Å². The molecule has 2 N–H and O–H groups in total. The first-order chi connectivity index (χ1) is 20.4. The third kappa shape index (κ3) is 5.88. The molecule has 43 heavy (non-hydrogen) atoms. The van der Waals surface area contributed by atoms with Gasteiger partial charge >= 0.3 is 0 Å². The number of fused-ring (bicyclic) bond motifs is 3. The molecular weight excluding hydrogens is 638 g/mol. The molecule has 3 atom stereocenters. The van der Waals surface area contributed by atoms with E-state index in [1.807, 2.05) is 6.07 Å². The van der Waals surface area contributed by atoms with Gasteiger partial charge in [0.15, 0.2) is 11.8 Å². The summed E-state index contributed by atoms with van der Waals surface area (Å²) in [5.41, 5.74) is 5.79. The summed E-state index contributed by atoms with van der Waals surface area (Å²) < 4.78 is 68.4. The van der Waals surface area contributed by atoms with Crippen LogP contribution in [0.5, 0.6) is 5.75 Å². The van der Waals surface area contributed by atoms with Crippen molar-refractivity contribution < 1.29 is 26.7 Å². The Kier molecular flexibility index (Phi) is 8.43. The highest BCUT2D eigenvalue weighted by Gasteiger charge is 2.57. The molecule has 3 aliphatic carbocycles. The van der Waals surface area contributed by atoms with E-state index in [0.29, 0.717) is 32.8 Å². The molecule has 0 aliphatic heterocycles. The van der Waals surface area contributed by atoms with Crippen molar-refractivity contribution in [3.63, 3.8) is 0 Å². The first kappa shape index (κ1) is 30.6. The summed E-state index contributed by atoms with van der Waals surface area (Å²) in [5, 5.41) is 1.41. The number of nitrogens with zero attached hydrogens (tertiary/aromatic N) is 1. The number of hydrogen-bond donors (Lipinski definition) is 1. The zero-order valence-corrected chi connectivity index (χ0v) is 26.5. The second kappa shape index (κ2) is 11.8. The molecular formula is C33H37BrF2N2O4S. The Morgan fingerprint density at radius 3 is 2.21 bits per heavy atom. The lowest BCUT2D eigenvalue weighted by molar-refractivity contribution is -0.145. The van der Waals surface area contributed by atoms with E-state index in [-0.39, 0.29) is 28.9 Å². The van der Waals surface area contributed by atoms with E-state index >= 15 is 8.78 Å². The van der Waals surface area contributed by atoms with Crippen LogP contribution in [-0.2, 0) is 20.7 Å². The number of ether oxygens (including phenoxy) is 1. The van der Waals surface area contributed by atoms with Gasteiger partial charge in [0.2, 0.25) is 10.0 Å². The van der Waals surface area contributed by atoms with Gasteiger partial charge in [-0.1, -0.05) is 40.2 Å². The van der Waals surface area contributed by atoms with Gasteiger partial charge < -0.3 is 10.5 Å².